The molecule has 5 heteroatoms. The molecule has 0 atom stereocenters. The van der Waals surface area contributed by atoms with Gasteiger partial charge in [0.15, 0.2) is 5.78 Å². The van der Waals surface area contributed by atoms with Gasteiger partial charge in [0.2, 0.25) is 5.78 Å². The molecule has 0 unspecified atom stereocenters. The normalized spacial score (nSPS) is 12.8. The standard InChI is InChI=1S/C19H13NO4/c1-23-11-7-10-9-20-17-16(15(10)14(8-11)24-2)18(21)12-5-3-4-6-13(12)19(17)22/h3-9H,1-2H3. The summed E-state index contributed by atoms with van der Waals surface area (Å²) in [5, 5.41) is 1.27. The van der Waals surface area contributed by atoms with E-state index in [4.69, 9.17) is 9.47 Å². The molecule has 5 nitrogen and oxygen atoms in total. The highest BCUT2D eigenvalue weighted by atomic mass is 16.5. The third-order valence-corrected chi connectivity index (χ3v) is 4.24. The fourth-order valence-corrected chi connectivity index (χ4v) is 3.11. The summed E-state index contributed by atoms with van der Waals surface area (Å²) in [6.07, 6.45) is 1.57. The molecule has 0 spiro atoms. The molecule has 24 heavy (non-hydrogen) atoms. The number of pyridine rings is 1. The van der Waals surface area contributed by atoms with Crippen molar-refractivity contribution in [2.45, 2.75) is 0 Å². The van der Waals surface area contributed by atoms with E-state index in [0.717, 1.165) is 0 Å². The summed E-state index contributed by atoms with van der Waals surface area (Å²) < 4.78 is 10.7. The molecule has 2 aromatic carbocycles. The van der Waals surface area contributed by atoms with E-state index in [2.05, 4.69) is 4.98 Å². The minimum absolute atomic E-state index is 0.162. The Bertz CT molecular complexity index is 1020. The maximum Gasteiger partial charge on any atom is 0.212 e. The molecule has 1 aliphatic carbocycles. The number of carbonyl (C=O) groups is 2. The molecular weight excluding hydrogens is 306 g/mol. The number of rotatable bonds is 2. The number of nitrogens with zero attached hydrogens (tertiary/aromatic N) is 1. The number of hydrogen-bond acceptors (Lipinski definition) is 5. The molecule has 1 heterocycles. The third kappa shape index (κ3) is 1.84. The molecule has 0 amide bonds. The van der Waals surface area contributed by atoms with Crippen LogP contribution in [0.3, 0.4) is 0 Å². The Hall–Kier alpha value is -3.21. The minimum atomic E-state index is -0.250. The maximum atomic E-state index is 13.0. The second kappa shape index (κ2) is 5.16. The van der Waals surface area contributed by atoms with E-state index < -0.39 is 0 Å². The zero-order chi connectivity index (χ0) is 16.8. The van der Waals surface area contributed by atoms with Crippen LogP contribution in [0.25, 0.3) is 10.8 Å². The van der Waals surface area contributed by atoms with Gasteiger partial charge in [-0.1, -0.05) is 24.3 Å². The van der Waals surface area contributed by atoms with Crippen LogP contribution in [0.4, 0.5) is 0 Å². The van der Waals surface area contributed by atoms with Crippen LogP contribution in [0.5, 0.6) is 11.5 Å². The van der Waals surface area contributed by atoms with Gasteiger partial charge >= 0.3 is 0 Å². The maximum absolute atomic E-state index is 13.0. The Kier molecular flexibility index (Phi) is 3.09. The molecule has 0 saturated heterocycles. The van der Waals surface area contributed by atoms with Crippen molar-refractivity contribution in [3.63, 3.8) is 0 Å². The Labute approximate surface area is 137 Å². The van der Waals surface area contributed by atoms with Gasteiger partial charge in [-0.3, -0.25) is 14.6 Å². The highest BCUT2D eigenvalue weighted by Gasteiger charge is 2.33. The lowest BCUT2D eigenvalue weighted by molar-refractivity contribution is 0.0976. The first-order valence-electron chi connectivity index (χ1n) is 7.39. The summed E-state index contributed by atoms with van der Waals surface area (Å²) in [4.78, 5) is 30.0. The van der Waals surface area contributed by atoms with Crippen LogP contribution in [0.2, 0.25) is 0 Å². The van der Waals surface area contributed by atoms with Crippen LogP contribution in [-0.4, -0.2) is 30.8 Å². The Morgan fingerprint density at radius 1 is 0.917 bits per heavy atom. The van der Waals surface area contributed by atoms with Crippen molar-refractivity contribution < 1.29 is 19.1 Å². The average Bonchev–Trinajstić information content (AvgIpc) is 2.64. The minimum Gasteiger partial charge on any atom is -0.497 e. The molecule has 4 rings (SSSR count). The first-order chi connectivity index (χ1) is 11.7. The molecule has 0 saturated carbocycles. The SMILES string of the molecule is COc1cc(OC)c2c3c(ncc2c1)C(=O)c1ccccc1C3=O. The molecular formula is C19H13NO4. The van der Waals surface area contributed by atoms with E-state index in [0.29, 0.717) is 33.4 Å². The van der Waals surface area contributed by atoms with Crippen molar-refractivity contribution in [2.24, 2.45) is 0 Å². The molecule has 118 valence electrons. The number of ether oxygens (including phenoxy) is 2. The summed E-state index contributed by atoms with van der Waals surface area (Å²) in [7, 11) is 3.07. The third-order valence-electron chi connectivity index (χ3n) is 4.24. The van der Waals surface area contributed by atoms with Gasteiger partial charge in [0, 0.05) is 34.2 Å². The monoisotopic (exact) mass is 319 g/mol. The first-order valence-corrected chi connectivity index (χ1v) is 7.39. The fourth-order valence-electron chi connectivity index (χ4n) is 3.11. The highest BCUT2D eigenvalue weighted by Crippen LogP contribution is 2.38. The van der Waals surface area contributed by atoms with E-state index >= 15 is 0 Å². The molecule has 0 bridgehead atoms. The van der Waals surface area contributed by atoms with E-state index in [-0.39, 0.29) is 22.8 Å². The number of benzene rings is 2. The largest absolute Gasteiger partial charge is 0.497 e. The van der Waals surface area contributed by atoms with E-state index in [1.165, 1.54) is 7.11 Å². The lowest BCUT2D eigenvalue weighted by Gasteiger charge is -2.19. The second-order valence-corrected chi connectivity index (χ2v) is 5.48. The lowest BCUT2D eigenvalue weighted by atomic mass is 9.84. The molecule has 0 fully saturated rings. The summed E-state index contributed by atoms with van der Waals surface area (Å²) in [6, 6.07) is 10.3. The Balaban J connectivity index is 2.11. The zero-order valence-electron chi connectivity index (χ0n) is 13.1. The number of ketones is 2. The van der Waals surface area contributed by atoms with Gasteiger partial charge in [-0.2, -0.15) is 0 Å². The van der Waals surface area contributed by atoms with Crippen LogP contribution in [0.15, 0.2) is 42.6 Å². The van der Waals surface area contributed by atoms with Gasteiger partial charge in [-0.15, -0.1) is 0 Å². The lowest BCUT2D eigenvalue weighted by Crippen LogP contribution is -2.22. The van der Waals surface area contributed by atoms with Gasteiger partial charge < -0.3 is 9.47 Å². The molecule has 0 aliphatic heterocycles. The average molecular weight is 319 g/mol. The van der Waals surface area contributed by atoms with Crippen molar-refractivity contribution in [3.8, 4) is 11.5 Å². The highest BCUT2D eigenvalue weighted by molar-refractivity contribution is 6.31. The van der Waals surface area contributed by atoms with Crippen molar-refractivity contribution in [2.75, 3.05) is 14.2 Å². The summed E-state index contributed by atoms with van der Waals surface area (Å²) in [5.74, 6) is 0.598. The second-order valence-electron chi connectivity index (χ2n) is 5.48. The van der Waals surface area contributed by atoms with Crippen LogP contribution in [0, 0.1) is 0 Å². The Morgan fingerprint density at radius 3 is 2.29 bits per heavy atom. The summed E-state index contributed by atoms with van der Waals surface area (Å²) in [5.41, 5.74) is 1.22. The quantitative estimate of drug-likeness (QED) is 0.568. The molecule has 1 aliphatic rings. The number of hydrogen-bond donors (Lipinski definition) is 0. The number of fused-ring (bicyclic) bond motifs is 4. The van der Waals surface area contributed by atoms with Crippen LogP contribution < -0.4 is 9.47 Å². The molecule has 0 N–H and O–H groups in total. The van der Waals surface area contributed by atoms with E-state index in [1.807, 2.05) is 0 Å². The predicted octanol–water partition coefficient (Wildman–Crippen LogP) is 3.03. The first kappa shape index (κ1) is 14.4. The number of aromatic nitrogens is 1. The van der Waals surface area contributed by atoms with Crippen LogP contribution in [-0.2, 0) is 0 Å². The van der Waals surface area contributed by atoms with E-state index in [9.17, 15) is 9.59 Å². The van der Waals surface area contributed by atoms with Gasteiger partial charge in [-0.25, -0.2) is 0 Å². The summed E-state index contributed by atoms with van der Waals surface area (Å²) in [6.45, 7) is 0. The molecule has 3 aromatic rings. The fraction of sp³-hybridized carbons (Fsp3) is 0.105. The van der Waals surface area contributed by atoms with Gasteiger partial charge in [-0.05, 0) is 6.07 Å². The van der Waals surface area contributed by atoms with Gasteiger partial charge in [0.25, 0.3) is 0 Å². The van der Waals surface area contributed by atoms with Crippen LogP contribution >= 0.6 is 0 Å². The van der Waals surface area contributed by atoms with Crippen molar-refractivity contribution in [3.05, 3.63) is 65.0 Å². The van der Waals surface area contributed by atoms with Crippen molar-refractivity contribution in [1.29, 1.82) is 0 Å². The topological polar surface area (TPSA) is 65.5 Å². The number of carbonyl (C=O) groups excluding carboxylic acids is 2. The van der Waals surface area contributed by atoms with Gasteiger partial charge in [0.1, 0.15) is 17.2 Å². The molecule has 1 aromatic heterocycles. The van der Waals surface area contributed by atoms with E-state index in [1.54, 1.807) is 49.7 Å². The van der Waals surface area contributed by atoms with Crippen LogP contribution in [0.1, 0.15) is 32.0 Å². The van der Waals surface area contributed by atoms with Gasteiger partial charge in [0.05, 0.1) is 19.8 Å². The van der Waals surface area contributed by atoms with Crippen molar-refractivity contribution in [1.82, 2.24) is 4.98 Å². The Morgan fingerprint density at radius 2 is 1.62 bits per heavy atom. The predicted molar refractivity (Wildman–Crippen MR) is 88.2 cm³/mol. The zero-order valence-corrected chi connectivity index (χ0v) is 13.1. The van der Waals surface area contributed by atoms with Crippen molar-refractivity contribution >= 4 is 22.3 Å². The molecule has 0 radical (unpaired) electrons. The number of methoxy groups -OCH3 is 2. The smallest absolute Gasteiger partial charge is 0.212 e. The summed E-state index contributed by atoms with van der Waals surface area (Å²) >= 11 is 0.